The van der Waals surface area contributed by atoms with Gasteiger partial charge in [-0.25, -0.2) is 0 Å². The molecule has 0 amide bonds. The van der Waals surface area contributed by atoms with Crippen molar-refractivity contribution in [3.05, 3.63) is 11.6 Å². The van der Waals surface area contributed by atoms with Gasteiger partial charge in [0.15, 0.2) is 0 Å². The van der Waals surface area contributed by atoms with Gasteiger partial charge in [-0.15, -0.1) is 0 Å². The zero-order valence-electron chi connectivity index (χ0n) is 5.49. The fraction of sp³-hybridized carbons (Fsp3) is 0.800. The maximum absolute atomic E-state index is 2.26. The summed E-state index contributed by atoms with van der Waals surface area (Å²) in [5.41, 5.74) is 1.50. The second-order valence-corrected chi connectivity index (χ2v) is 1.81. The second kappa shape index (κ2) is 15.9. The lowest BCUT2D eigenvalue weighted by Gasteiger charge is -1.88. The average molecular weight is 146 g/mol. The summed E-state index contributed by atoms with van der Waals surface area (Å²) in [6, 6.07) is 0. The molecular formula is C10H26. The molecule has 10 heavy (non-hydrogen) atoms. The van der Waals surface area contributed by atoms with Crippen LogP contribution >= 0.6 is 0 Å². The van der Waals surface area contributed by atoms with Crippen molar-refractivity contribution in [1.29, 1.82) is 0 Å². The van der Waals surface area contributed by atoms with E-state index in [-0.39, 0.29) is 22.3 Å². The van der Waals surface area contributed by atoms with Crippen molar-refractivity contribution in [3.63, 3.8) is 0 Å². The van der Waals surface area contributed by atoms with E-state index in [1.807, 2.05) is 0 Å². The molecule has 0 spiro atoms. The Morgan fingerprint density at radius 3 is 1.60 bits per heavy atom. The van der Waals surface area contributed by atoms with Crippen molar-refractivity contribution in [2.45, 2.75) is 55.9 Å². The third-order valence-electron chi connectivity index (χ3n) is 1.11. The van der Waals surface area contributed by atoms with E-state index in [0.717, 1.165) is 0 Å². The van der Waals surface area contributed by atoms with Gasteiger partial charge in [-0.1, -0.05) is 47.8 Å². The minimum atomic E-state index is 0. The van der Waals surface area contributed by atoms with E-state index in [1.165, 1.54) is 18.4 Å². The average Bonchev–Trinajstić information content (AvgIpc) is 1.68. The molecule has 0 aromatic heterocycles. The highest BCUT2D eigenvalue weighted by molar-refractivity contribution is 4.95. The summed E-state index contributed by atoms with van der Waals surface area (Å²) in [4.78, 5) is 0. The maximum Gasteiger partial charge on any atom is -0.0352 e. The summed E-state index contributed by atoms with van der Waals surface area (Å²) in [6.07, 6.45) is 4.65. The quantitative estimate of drug-likeness (QED) is 0.497. The van der Waals surface area contributed by atoms with Crippen LogP contribution in [0.3, 0.4) is 0 Å². The van der Waals surface area contributed by atoms with Gasteiger partial charge in [-0.05, 0) is 19.8 Å². The lowest BCUT2D eigenvalue weighted by Crippen LogP contribution is -1.67. The van der Waals surface area contributed by atoms with E-state index < -0.39 is 0 Å². The van der Waals surface area contributed by atoms with Crippen LogP contribution in [0.5, 0.6) is 0 Å². The first-order chi connectivity index (χ1) is 3.31. The first-order valence-electron chi connectivity index (χ1n) is 2.96. The van der Waals surface area contributed by atoms with Crippen LogP contribution < -0.4 is 0 Å². The second-order valence-electron chi connectivity index (χ2n) is 1.81. The molecule has 0 rings (SSSR count). The summed E-state index contributed by atoms with van der Waals surface area (Å²) in [5.74, 6) is 0. The molecule has 0 heteroatoms. The first kappa shape index (κ1) is 22.6. The van der Waals surface area contributed by atoms with Crippen LogP contribution in [0.25, 0.3) is 0 Å². The predicted molar refractivity (Wildman–Crippen MR) is 54.5 cm³/mol. The number of hydrogen-bond acceptors (Lipinski definition) is 0. The van der Waals surface area contributed by atoms with Gasteiger partial charge in [-0.3, -0.25) is 0 Å². The standard InChI is InChI=1S/C7H14.3CH4/c1-4-6-7(3)5-2;;;/h6H,4-5H2,1-3H3;3*1H4/b7-6+;;;. The summed E-state index contributed by atoms with van der Waals surface area (Å²) in [7, 11) is 0. The van der Waals surface area contributed by atoms with Crippen molar-refractivity contribution in [2.24, 2.45) is 0 Å². The minimum Gasteiger partial charge on any atom is -0.0859 e. The minimum absolute atomic E-state index is 0. The molecule has 0 saturated heterocycles. The number of allylic oxidation sites excluding steroid dienone is 2. The highest BCUT2D eigenvalue weighted by Crippen LogP contribution is 1.97. The Balaban J connectivity index is -0.0000000600. The zero-order chi connectivity index (χ0) is 5.70. The van der Waals surface area contributed by atoms with Crippen molar-refractivity contribution in [2.75, 3.05) is 0 Å². The Morgan fingerprint density at radius 1 is 1.10 bits per heavy atom. The molecule has 0 fully saturated rings. The van der Waals surface area contributed by atoms with E-state index >= 15 is 0 Å². The summed E-state index contributed by atoms with van der Waals surface area (Å²) >= 11 is 0. The van der Waals surface area contributed by atoms with Gasteiger partial charge in [-0.2, -0.15) is 0 Å². The van der Waals surface area contributed by atoms with Crippen LogP contribution in [-0.4, -0.2) is 0 Å². The maximum atomic E-state index is 2.26. The molecule has 0 bridgehead atoms. The lowest BCUT2D eigenvalue weighted by molar-refractivity contribution is 1.06. The zero-order valence-corrected chi connectivity index (χ0v) is 5.49. The van der Waals surface area contributed by atoms with Crippen LogP contribution in [0.15, 0.2) is 11.6 Å². The Bertz CT molecular complexity index is 60.4. The van der Waals surface area contributed by atoms with Crippen LogP contribution in [0.2, 0.25) is 0 Å². The topological polar surface area (TPSA) is 0 Å². The summed E-state index contributed by atoms with van der Waals surface area (Å²) < 4.78 is 0. The summed E-state index contributed by atoms with van der Waals surface area (Å²) in [6.45, 7) is 6.52. The van der Waals surface area contributed by atoms with Gasteiger partial charge in [0.2, 0.25) is 0 Å². The molecule has 0 radical (unpaired) electrons. The SMILES string of the molecule is C.C.C.CC/C=C(\C)CC. The molecule has 0 nitrogen and oxygen atoms in total. The summed E-state index contributed by atoms with van der Waals surface area (Å²) in [5, 5.41) is 0. The Hall–Kier alpha value is -0.260. The molecule has 0 aromatic rings. The van der Waals surface area contributed by atoms with Crippen molar-refractivity contribution in [3.8, 4) is 0 Å². The Labute approximate surface area is 68.4 Å². The fourth-order valence-electron chi connectivity index (χ4n) is 0.493. The Kier molecular flexibility index (Phi) is 35.9. The largest absolute Gasteiger partial charge is 0.0859 e. The molecule has 0 saturated carbocycles. The molecule has 0 N–H and O–H groups in total. The number of hydrogen-bond donors (Lipinski definition) is 0. The molecular weight excluding hydrogens is 120 g/mol. The molecule has 0 aliphatic carbocycles. The monoisotopic (exact) mass is 146 g/mol. The van der Waals surface area contributed by atoms with Crippen LogP contribution in [0, 0.1) is 0 Å². The van der Waals surface area contributed by atoms with Gasteiger partial charge < -0.3 is 0 Å². The third-order valence-corrected chi connectivity index (χ3v) is 1.11. The van der Waals surface area contributed by atoms with Gasteiger partial charge in [0.25, 0.3) is 0 Å². The first-order valence-corrected chi connectivity index (χ1v) is 2.96. The van der Waals surface area contributed by atoms with E-state index in [0.29, 0.717) is 0 Å². The highest BCUT2D eigenvalue weighted by Gasteiger charge is 1.76. The van der Waals surface area contributed by atoms with E-state index in [2.05, 4.69) is 26.8 Å². The van der Waals surface area contributed by atoms with Gasteiger partial charge in [0.1, 0.15) is 0 Å². The molecule has 66 valence electrons. The molecule has 0 aliphatic rings. The van der Waals surface area contributed by atoms with Crippen molar-refractivity contribution >= 4 is 0 Å². The molecule has 0 unspecified atom stereocenters. The van der Waals surface area contributed by atoms with E-state index in [4.69, 9.17) is 0 Å². The Morgan fingerprint density at radius 2 is 1.50 bits per heavy atom. The fourth-order valence-corrected chi connectivity index (χ4v) is 0.493. The smallest absolute Gasteiger partial charge is 0.0352 e. The normalized spacial score (nSPS) is 8.50. The molecule has 0 aliphatic heterocycles. The van der Waals surface area contributed by atoms with Crippen LogP contribution in [0.4, 0.5) is 0 Å². The van der Waals surface area contributed by atoms with Crippen LogP contribution in [-0.2, 0) is 0 Å². The lowest BCUT2D eigenvalue weighted by atomic mass is 10.2. The predicted octanol–water partition coefficient (Wildman–Crippen LogP) is 4.66. The molecule has 0 heterocycles. The molecule has 0 atom stereocenters. The van der Waals surface area contributed by atoms with Gasteiger partial charge in [0.05, 0.1) is 0 Å². The van der Waals surface area contributed by atoms with Crippen molar-refractivity contribution < 1.29 is 0 Å². The van der Waals surface area contributed by atoms with E-state index in [9.17, 15) is 0 Å². The van der Waals surface area contributed by atoms with Gasteiger partial charge in [0, 0.05) is 0 Å². The highest BCUT2D eigenvalue weighted by atomic mass is 13.8. The van der Waals surface area contributed by atoms with E-state index in [1.54, 1.807) is 0 Å². The van der Waals surface area contributed by atoms with Crippen LogP contribution in [0.1, 0.15) is 55.9 Å². The third kappa shape index (κ3) is 15.6. The van der Waals surface area contributed by atoms with Crippen molar-refractivity contribution in [1.82, 2.24) is 0 Å². The van der Waals surface area contributed by atoms with Gasteiger partial charge >= 0.3 is 0 Å². The number of rotatable bonds is 2. The molecule has 0 aromatic carbocycles.